The fraction of sp³-hybridized carbons (Fsp3) is 0.333. The van der Waals surface area contributed by atoms with Gasteiger partial charge in [0.1, 0.15) is 6.54 Å². The van der Waals surface area contributed by atoms with E-state index in [9.17, 15) is 4.79 Å². The van der Waals surface area contributed by atoms with Gasteiger partial charge >= 0.3 is 0 Å². The number of hydrogen-bond donors (Lipinski definition) is 2. The molecular formula is C12H16N4O. The van der Waals surface area contributed by atoms with Crippen LogP contribution in [0, 0.1) is 11.3 Å². The third kappa shape index (κ3) is 5.00. The van der Waals surface area contributed by atoms with Crippen molar-refractivity contribution in [2.75, 3.05) is 25.9 Å². The molecule has 1 aromatic rings. The lowest BCUT2D eigenvalue weighted by Crippen LogP contribution is -2.34. The van der Waals surface area contributed by atoms with E-state index in [2.05, 4.69) is 5.32 Å². The Morgan fingerprint density at radius 1 is 1.59 bits per heavy atom. The number of nitrogens with two attached hydrogens (primary N) is 1. The molecule has 0 heterocycles. The Bertz CT molecular complexity index is 425. The van der Waals surface area contributed by atoms with Gasteiger partial charge in [-0.05, 0) is 24.7 Å². The summed E-state index contributed by atoms with van der Waals surface area (Å²) in [5.74, 6) is -0.155. The topological polar surface area (TPSA) is 82.2 Å². The maximum Gasteiger partial charge on any atom is 0.235 e. The van der Waals surface area contributed by atoms with Crippen LogP contribution in [0.1, 0.15) is 5.56 Å². The SMILES string of the molecule is CN(CC(=O)NCC#N)Cc1cccc(N)c1. The smallest absolute Gasteiger partial charge is 0.235 e. The zero-order chi connectivity index (χ0) is 12.7. The molecule has 90 valence electrons. The number of hydrogen-bond acceptors (Lipinski definition) is 4. The van der Waals surface area contributed by atoms with Gasteiger partial charge in [0.05, 0.1) is 12.6 Å². The van der Waals surface area contributed by atoms with Crippen LogP contribution in [0.15, 0.2) is 24.3 Å². The van der Waals surface area contributed by atoms with E-state index >= 15 is 0 Å². The van der Waals surface area contributed by atoms with Crippen LogP contribution in [-0.4, -0.2) is 30.9 Å². The molecule has 0 radical (unpaired) electrons. The number of carbonyl (C=O) groups is 1. The van der Waals surface area contributed by atoms with Crippen molar-refractivity contribution in [3.8, 4) is 6.07 Å². The largest absolute Gasteiger partial charge is 0.399 e. The van der Waals surface area contributed by atoms with Gasteiger partial charge in [0.25, 0.3) is 0 Å². The first-order valence-corrected chi connectivity index (χ1v) is 5.28. The minimum atomic E-state index is -0.155. The van der Waals surface area contributed by atoms with Crippen molar-refractivity contribution in [1.29, 1.82) is 5.26 Å². The fourth-order valence-electron chi connectivity index (χ4n) is 1.50. The molecule has 0 aliphatic carbocycles. The van der Waals surface area contributed by atoms with Crippen molar-refractivity contribution in [3.63, 3.8) is 0 Å². The van der Waals surface area contributed by atoms with Gasteiger partial charge in [-0.25, -0.2) is 0 Å². The number of likely N-dealkylation sites (N-methyl/N-ethyl adjacent to an activating group) is 1. The number of nitriles is 1. The molecule has 3 N–H and O–H groups in total. The lowest BCUT2D eigenvalue weighted by Gasteiger charge is -2.15. The summed E-state index contributed by atoms with van der Waals surface area (Å²) in [6.45, 7) is 0.951. The molecule has 0 saturated carbocycles. The number of anilines is 1. The molecule has 0 bridgehead atoms. The second-order valence-electron chi connectivity index (χ2n) is 3.85. The number of amides is 1. The highest BCUT2D eigenvalue weighted by molar-refractivity contribution is 5.78. The van der Waals surface area contributed by atoms with Gasteiger partial charge in [0.2, 0.25) is 5.91 Å². The summed E-state index contributed by atoms with van der Waals surface area (Å²) in [6, 6.07) is 9.40. The van der Waals surface area contributed by atoms with Crippen LogP contribution in [0.3, 0.4) is 0 Å². The molecule has 17 heavy (non-hydrogen) atoms. The van der Waals surface area contributed by atoms with Crippen LogP contribution in [-0.2, 0) is 11.3 Å². The highest BCUT2D eigenvalue weighted by Gasteiger charge is 2.06. The molecule has 1 aromatic carbocycles. The normalized spacial score (nSPS) is 9.94. The fourth-order valence-corrected chi connectivity index (χ4v) is 1.50. The maximum absolute atomic E-state index is 11.3. The Kier molecular flexibility index (Phi) is 4.98. The average Bonchev–Trinajstić information content (AvgIpc) is 2.26. The molecule has 0 spiro atoms. The molecule has 1 amide bonds. The number of nitrogens with one attached hydrogen (secondary N) is 1. The van der Waals surface area contributed by atoms with E-state index in [1.165, 1.54) is 0 Å². The summed E-state index contributed by atoms with van der Waals surface area (Å²) in [4.78, 5) is 13.2. The summed E-state index contributed by atoms with van der Waals surface area (Å²) in [5.41, 5.74) is 7.44. The number of rotatable bonds is 5. The Labute approximate surface area is 101 Å². The molecule has 0 aromatic heterocycles. The van der Waals surface area contributed by atoms with E-state index in [4.69, 9.17) is 11.0 Å². The zero-order valence-electron chi connectivity index (χ0n) is 9.81. The molecule has 0 unspecified atom stereocenters. The Balaban J connectivity index is 2.42. The molecule has 0 atom stereocenters. The highest BCUT2D eigenvalue weighted by atomic mass is 16.1. The number of benzene rings is 1. The Hall–Kier alpha value is -2.06. The minimum absolute atomic E-state index is 0.0466. The van der Waals surface area contributed by atoms with E-state index in [0.717, 1.165) is 5.56 Å². The summed E-state index contributed by atoms with van der Waals surface area (Å²) in [5, 5.41) is 10.8. The summed E-state index contributed by atoms with van der Waals surface area (Å²) in [7, 11) is 1.84. The van der Waals surface area contributed by atoms with Crippen molar-refractivity contribution in [3.05, 3.63) is 29.8 Å². The molecule has 0 saturated heterocycles. The monoisotopic (exact) mass is 232 g/mol. The van der Waals surface area contributed by atoms with Gasteiger partial charge in [0, 0.05) is 12.2 Å². The Morgan fingerprint density at radius 3 is 3.00 bits per heavy atom. The van der Waals surface area contributed by atoms with Crippen LogP contribution in [0.25, 0.3) is 0 Å². The van der Waals surface area contributed by atoms with Gasteiger partial charge in [-0.3, -0.25) is 9.69 Å². The van der Waals surface area contributed by atoms with E-state index < -0.39 is 0 Å². The standard InChI is InChI=1S/C12H16N4O/c1-16(9-12(17)15-6-5-13)8-10-3-2-4-11(14)7-10/h2-4,7H,6,8-9,14H2,1H3,(H,15,17). The molecule has 0 aliphatic heterocycles. The van der Waals surface area contributed by atoms with Crippen molar-refractivity contribution >= 4 is 11.6 Å². The van der Waals surface area contributed by atoms with Crippen molar-refractivity contribution in [2.45, 2.75) is 6.54 Å². The first-order valence-electron chi connectivity index (χ1n) is 5.28. The third-order valence-electron chi connectivity index (χ3n) is 2.18. The van der Waals surface area contributed by atoms with E-state index in [1.54, 1.807) is 0 Å². The first-order chi connectivity index (χ1) is 8.11. The third-order valence-corrected chi connectivity index (χ3v) is 2.18. The second kappa shape index (κ2) is 6.51. The number of carbonyl (C=O) groups excluding carboxylic acids is 1. The zero-order valence-corrected chi connectivity index (χ0v) is 9.81. The van der Waals surface area contributed by atoms with Crippen LogP contribution < -0.4 is 11.1 Å². The van der Waals surface area contributed by atoms with E-state index in [1.807, 2.05) is 42.3 Å². The lowest BCUT2D eigenvalue weighted by atomic mass is 10.2. The quantitative estimate of drug-likeness (QED) is 0.566. The van der Waals surface area contributed by atoms with Crippen LogP contribution in [0.2, 0.25) is 0 Å². The van der Waals surface area contributed by atoms with Crippen LogP contribution >= 0.6 is 0 Å². The average molecular weight is 232 g/mol. The first kappa shape index (κ1) is 13.0. The molecule has 5 nitrogen and oxygen atoms in total. The predicted octanol–water partition coefficient (Wildman–Crippen LogP) is 0.340. The maximum atomic E-state index is 11.3. The molecule has 1 rings (SSSR count). The van der Waals surface area contributed by atoms with E-state index in [0.29, 0.717) is 12.2 Å². The Morgan fingerprint density at radius 2 is 2.35 bits per heavy atom. The summed E-state index contributed by atoms with van der Waals surface area (Å²) >= 11 is 0. The van der Waals surface area contributed by atoms with Gasteiger partial charge in [-0.1, -0.05) is 12.1 Å². The van der Waals surface area contributed by atoms with Gasteiger partial charge in [-0.15, -0.1) is 0 Å². The second-order valence-corrected chi connectivity index (χ2v) is 3.85. The summed E-state index contributed by atoms with van der Waals surface area (Å²) < 4.78 is 0. The lowest BCUT2D eigenvalue weighted by molar-refractivity contribution is -0.121. The van der Waals surface area contributed by atoms with Crippen LogP contribution in [0.4, 0.5) is 5.69 Å². The van der Waals surface area contributed by atoms with Crippen LogP contribution in [0.5, 0.6) is 0 Å². The highest BCUT2D eigenvalue weighted by Crippen LogP contribution is 2.08. The van der Waals surface area contributed by atoms with Gasteiger partial charge < -0.3 is 11.1 Å². The molecular weight excluding hydrogens is 216 g/mol. The van der Waals surface area contributed by atoms with Gasteiger partial charge in [0.15, 0.2) is 0 Å². The van der Waals surface area contributed by atoms with Gasteiger partial charge in [-0.2, -0.15) is 5.26 Å². The van der Waals surface area contributed by atoms with E-state index in [-0.39, 0.29) is 19.0 Å². The van der Waals surface area contributed by atoms with Crippen molar-refractivity contribution in [1.82, 2.24) is 10.2 Å². The molecule has 0 fully saturated rings. The summed E-state index contributed by atoms with van der Waals surface area (Å²) in [6.07, 6.45) is 0. The van der Waals surface area contributed by atoms with Crippen molar-refractivity contribution < 1.29 is 4.79 Å². The van der Waals surface area contributed by atoms with Crippen molar-refractivity contribution in [2.24, 2.45) is 0 Å². The predicted molar refractivity (Wildman–Crippen MR) is 65.8 cm³/mol. The minimum Gasteiger partial charge on any atom is -0.399 e. The number of nitrogens with zero attached hydrogens (tertiary/aromatic N) is 2. The molecule has 5 heteroatoms. The number of nitrogen functional groups attached to an aromatic ring is 1. The molecule has 0 aliphatic rings.